The van der Waals surface area contributed by atoms with Crippen molar-refractivity contribution in [1.82, 2.24) is 9.80 Å². The van der Waals surface area contributed by atoms with Crippen molar-refractivity contribution in [2.45, 2.75) is 101 Å². The van der Waals surface area contributed by atoms with Gasteiger partial charge < -0.3 is 4.90 Å². The van der Waals surface area contributed by atoms with E-state index in [0.29, 0.717) is 18.4 Å². The van der Waals surface area contributed by atoms with Crippen LogP contribution in [0.25, 0.3) is 0 Å². The molecule has 0 spiro atoms. The molecule has 4 nitrogen and oxygen atoms in total. The summed E-state index contributed by atoms with van der Waals surface area (Å²) in [5.41, 5.74) is 1.53. The summed E-state index contributed by atoms with van der Waals surface area (Å²) >= 11 is 0. The molecule has 4 heteroatoms. The fraction of sp³-hybridized carbons (Fsp3) is 0.862. The Balaban J connectivity index is 3.04. The number of imide groups is 1. The first kappa shape index (κ1) is 29.9. The van der Waals surface area contributed by atoms with Gasteiger partial charge in [-0.3, -0.25) is 14.5 Å². The molecular formula is C29H54N2O2. The van der Waals surface area contributed by atoms with Crippen LogP contribution in [0.5, 0.6) is 0 Å². The van der Waals surface area contributed by atoms with Crippen LogP contribution in [0.1, 0.15) is 101 Å². The Morgan fingerprint density at radius 3 is 1.94 bits per heavy atom. The number of rotatable bonds is 12. The van der Waals surface area contributed by atoms with Crippen LogP contribution in [0, 0.1) is 33.5 Å². The van der Waals surface area contributed by atoms with E-state index < -0.39 is 0 Å². The minimum absolute atomic E-state index is 0.00204. The molecule has 2 unspecified atom stereocenters. The normalized spacial score (nSPS) is 19.5. The smallest absolute Gasteiger partial charge is 0.233 e. The molecule has 0 radical (unpaired) electrons. The van der Waals surface area contributed by atoms with E-state index in [0.717, 1.165) is 31.4 Å². The lowest BCUT2D eigenvalue weighted by atomic mass is 9.59. The summed E-state index contributed by atoms with van der Waals surface area (Å²) in [4.78, 5) is 29.8. The van der Waals surface area contributed by atoms with Crippen molar-refractivity contribution in [3.63, 3.8) is 0 Å². The van der Waals surface area contributed by atoms with Gasteiger partial charge in [-0.2, -0.15) is 0 Å². The Morgan fingerprint density at radius 2 is 1.48 bits per heavy atom. The highest BCUT2D eigenvalue weighted by atomic mass is 16.2. The van der Waals surface area contributed by atoms with Crippen LogP contribution in [0.4, 0.5) is 0 Å². The number of carbonyl (C=O) groups is 2. The van der Waals surface area contributed by atoms with Crippen molar-refractivity contribution in [2.75, 3.05) is 27.2 Å². The van der Waals surface area contributed by atoms with Crippen molar-refractivity contribution in [3.8, 4) is 0 Å². The zero-order valence-corrected chi connectivity index (χ0v) is 24.0. The van der Waals surface area contributed by atoms with Crippen LogP contribution in [0.2, 0.25) is 0 Å². The molecule has 1 fully saturated rings. The second kappa shape index (κ2) is 10.6. The number of nitrogens with zero attached hydrogens (tertiary/aromatic N) is 2. The Morgan fingerprint density at radius 1 is 0.970 bits per heavy atom. The molecule has 0 aromatic rings. The average Bonchev–Trinajstić information content (AvgIpc) is 2.76. The average molecular weight is 463 g/mol. The topological polar surface area (TPSA) is 40.6 Å². The molecule has 1 aliphatic heterocycles. The van der Waals surface area contributed by atoms with Gasteiger partial charge in [0.2, 0.25) is 11.8 Å². The van der Waals surface area contributed by atoms with Crippen molar-refractivity contribution in [3.05, 3.63) is 12.2 Å². The molecule has 0 aliphatic carbocycles. The minimum Gasteiger partial charge on any atom is -0.309 e. The molecule has 1 saturated heterocycles. The van der Waals surface area contributed by atoms with E-state index in [4.69, 9.17) is 0 Å². The highest BCUT2D eigenvalue weighted by Crippen LogP contribution is 2.51. The first-order chi connectivity index (χ1) is 14.7. The highest BCUT2D eigenvalue weighted by Gasteiger charge is 2.49. The van der Waals surface area contributed by atoms with Gasteiger partial charge in [0.25, 0.3) is 0 Å². The summed E-state index contributed by atoms with van der Waals surface area (Å²) in [5.74, 6) is -0.303. The van der Waals surface area contributed by atoms with Crippen LogP contribution in [0.15, 0.2) is 12.2 Å². The maximum atomic E-state index is 13.4. The van der Waals surface area contributed by atoms with Gasteiger partial charge in [-0.1, -0.05) is 74.5 Å². The van der Waals surface area contributed by atoms with Crippen molar-refractivity contribution in [1.29, 1.82) is 0 Å². The number of carbonyl (C=O) groups excluding carboxylic acids is 2. The third-order valence-corrected chi connectivity index (χ3v) is 6.94. The van der Waals surface area contributed by atoms with E-state index in [9.17, 15) is 9.59 Å². The Hall–Kier alpha value is -1.16. The zero-order chi connectivity index (χ0) is 26.0. The van der Waals surface area contributed by atoms with E-state index in [2.05, 4.69) is 73.8 Å². The minimum atomic E-state index is -0.289. The Labute approximate surface area is 205 Å². The van der Waals surface area contributed by atoms with Crippen molar-refractivity contribution < 1.29 is 9.59 Å². The molecule has 192 valence electrons. The summed E-state index contributed by atoms with van der Waals surface area (Å²) in [7, 11) is 4.03. The Bertz CT molecular complexity index is 710. The maximum Gasteiger partial charge on any atom is 0.233 e. The van der Waals surface area contributed by atoms with Gasteiger partial charge in [0.1, 0.15) is 0 Å². The van der Waals surface area contributed by atoms with Gasteiger partial charge in [-0.25, -0.2) is 0 Å². The third kappa shape index (κ3) is 9.19. The lowest BCUT2D eigenvalue weighted by Crippen LogP contribution is -2.40. The van der Waals surface area contributed by atoms with Gasteiger partial charge in [0.15, 0.2) is 0 Å². The van der Waals surface area contributed by atoms with E-state index >= 15 is 0 Å². The second-order valence-electron chi connectivity index (χ2n) is 14.6. The summed E-state index contributed by atoms with van der Waals surface area (Å²) in [6.45, 7) is 28.7. The van der Waals surface area contributed by atoms with Crippen molar-refractivity contribution in [2.24, 2.45) is 33.5 Å². The molecule has 33 heavy (non-hydrogen) atoms. The van der Waals surface area contributed by atoms with Gasteiger partial charge in [-0.15, -0.1) is 0 Å². The summed E-state index contributed by atoms with van der Waals surface area (Å²) in [6.07, 6.45) is 4.42. The molecule has 0 aromatic carbocycles. The van der Waals surface area contributed by atoms with E-state index in [1.807, 2.05) is 21.0 Å². The van der Waals surface area contributed by atoms with Gasteiger partial charge in [0.05, 0.1) is 5.92 Å². The van der Waals surface area contributed by atoms with Gasteiger partial charge >= 0.3 is 0 Å². The van der Waals surface area contributed by atoms with E-state index in [1.54, 1.807) is 0 Å². The summed E-state index contributed by atoms with van der Waals surface area (Å²) < 4.78 is 0. The number of hydrogen-bond donors (Lipinski definition) is 0. The van der Waals surface area contributed by atoms with Crippen LogP contribution in [-0.2, 0) is 9.59 Å². The number of likely N-dealkylation sites (tertiary alicyclic amines) is 1. The molecule has 0 bridgehead atoms. The molecule has 0 aromatic heterocycles. The second-order valence-corrected chi connectivity index (χ2v) is 14.6. The van der Waals surface area contributed by atoms with E-state index in [-0.39, 0.29) is 39.9 Å². The van der Waals surface area contributed by atoms with Gasteiger partial charge in [-0.05, 0) is 80.8 Å². The molecule has 0 N–H and O–H groups in total. The Kier molecular flexibility index (Phi) is 9.62. The van der Waals surface area contributed by atoms with Crippen LogP contribution < -0.4 is 0 Å². The summed E-state index contributed by atoms with van der Waals surface area (Å²) in [5, 5.41) is 0. The molecule has 1 heterocycles. The van der Waals surface area contributed by atoms with Crippen LogP contribution in [-0.4, -0.2) is 48.8 Å². The molecule has 1 rings (SSSR count). The van der Waals surface area contributed by atoms with Gasteiger partial charge in [0, 0.05) is 13.0 Å². The fourth-order valence-corrected chi connectivity index (χ4v) is 7.50. The summed E-state index contributed by atoms with van der Waals surface area (Å²) in [6, 6.07) is 0. The molecular weight excluding hydrogens is 408 g/mol. The first-order valence-corrected chi connectivity index (χ1v) is 12.8. The highest BCUT2D eigenvalue weighted by molar-refractivity contribution is 6.03. The lowest BCUT2D eigenvalue weighted by Gasteiger charge is -2.46. The largest absolute Gasteiger partial charge is 0.309 e. The monoisotopic (exact) mass is 462 g/mol. The quantitative estimate of drug-likeness (QED) is 0.236. The first-order valence-electron chi connectivity index (χ1n) is 12.8. The predicted octanol–water partition coefficient (Wildman–Crippen LogP) is 6.80. The lowest BCUT2D eigenvalue weighted by molar-refractivity contribution is -0.140. The maximum absolute atomic E-state index is 13.4. The number of allylic oxidation sites excluding steroid dienone is 1. The SMILES string of the molecule is C=C(C)C(C1CC(=O)N(CCCN(C)C)C1=O)C(C)(C)CC(C)(C)CC(C)(C)CC(C)(C)C. The molecule has 2 atom stereocenters. The predicted molar refractivity (Wildman–Crippen MR) is 141 cm³/mol. The van der Waals surface area contributed by atoms with E-state index in [1.165, 1.54) is 11.3 Å². The zero-order valence-electron chi connectivity index (χ0n) is 24.0. The molecule has 2 amide bonds. The van der Waals surface area contributed by atoms with Crippen molar-refractivity contribution >= 4 is 11.8 Å². The van der Waals surface area contributed by atoms with Crippen LogP contribution in [0.3, 0.4) is 0 Å². The van der Waals surface area contributed by atoms with Crippen LogP contribution >= 0.6 is 0 Å². The molecule has 1 aliphatic rings. The number of amides is 2. The fourth-order valence-electron chi connectivity index (χ4n) is 7.50. The standard InChI is InChI=1S/C29H54N2O2/c1-21(2)24(22-17-23(32)31(25(22)33)16-14-15-30(12)13)29(10,11)20-28(8,9)19-27(6,7)18-26(3,4)5/h22,24H,1,14-20H2,2-13H3. The molecule has 0 saturated carbocycles. The third-order valence-electron chi connectivity index (χ3n) is 6.94. The number of hydrogen-bond acceptors (Lipinski definition) is 3.